The van der Waals surface area contributed by atoms with E-state index in [-0.39, 0.29) is 17.2 Å². The number of thioether (sulfide) groups is 1. The van der Waals surface area contributed by atoms with Crippen molar-refractivity contribution in [3.63, 3.8) is 0 Å². The first-order valence-corrected chi connectivity index (χ1v) is 10.7. The van der Waals surface area contributed by atoms with E-state index in [4.69, 9.17) is 0 Å². The molecule has 152 valence electrons. The lowest BCUT2D eigenvalue weighted by molar-refractivity contribution is -0.120. The van der Waals surface area contributed by atoms with Crippen LogP contribution in [0, 0.1) is 13.8 Å². The summed E-state index contributed by atoms with van der Waals surface area (Å²) in [5.74, 6) is 0.917. The molecule has 0 aliphatic heterocycles. The normalized spacial score (nSPS) is 11.5. The predicted octanol–water partition coefficient (Wildman–Crippen LogP) is 4.34. The Morgan fingerprint density at radius 3 is 2.62 bits per heavy atom. The molecule has 0 aliphatic carbocycles. The minimum Gasteiger partial charge on any atom is -0.351 e. The molecule has 7 heteroatoms. The number of pyridine rings is 1. The maximum atomic E-state index is 12.4. The first-order valence-electron chi connectivity index (χ1n) is 9.69. The standard InChI is InChI=1S/C22H27N5OS/c1-6-22(4,5)24-19(28)14-29-21-26-25-20(17-9-7-8-12-23-17)27(21)18-11-10-15(2)13-16(18)3/h7-13H,6,14H2,1-5H3,(H,24,28). The minimum absolute atomic E-state index is 0.0172. The van der Waals surface area contributed by atoms with Gasteiger partial charge >= 0.3 is 0 Å². The number of benzene rings is 1. The summed E-state index contributed by atoms with van der Waals surface area (Å²) in [6, 6.07) is 12.0. The van der Waals surface area contributed by atoms with Crippen LogP contribution in [-0.2, 0) is 4.79 Å². The lowest BCUT2D eigenvalue weighted by atomic mass is 10.0. The summed E-state index contributed by atoms with van der Waals surface area (Å²) in [6.07, 6.45) is 2.61. The molecule has 0 spiro atoms. The van der Waals surface area contributed by atoms with Crippen LogP contribution in [0.2, 0.25) is 0 Å². The van der Waals surface area contributed by atoms with Gasteiger partial charge in [-0.2, -0.15) is 0 Å². The van der Waals surface area contributed by atoms with Gasteiger partial charge in [0.05, 0.1) is 11.4 Å². The molecule has 3 rings (SSSR count). The fourth-order valence-electron chi connectivity index (χ4n) is 2.93. The zero-order valence-electron chi connectivity index (χ0n) is 17.6. The van der Waals surface area contributed by atoms with E-state index in [2.05, 4.69) is 59.5 Å². The van der Waals surface area contributed by atoms with E-state index in [1.54, 1.807) is 6.20 Å². The molecule has 29 heavy (non-hydrogen) atoms. The topological polar surface area (TPSA) is 72.7 Å². The molecule has 0 saturated carbocycles. The number of hydrogen-bond donors (Lipinski definition) is 1. The van der Waals surface area contributed by atoms with Crippen LogP contribution in [0.1, 0.15) is 38.3 Å². The molecule has 1 aromatic carbocycles. The van der Waals surface area contributed by atoms with Crippen LogP contribution in [0.5, 0.6) is 0 Å². The fraction of sp³-hybridized carbons (Fsp3) is 0.364. The van der Waals surface area contributed by atoms with Crippen molar-refractivity contribution in [2.45, 2.75) is 51.7 Å². The predicted molar refractivity (Wildman–Crippen MR) is 117 cm³/mol. The number of hydrogen-bond acceptors (Lipinski definition) is 5. The zero-order chi connectivity index (χ0) is 21.0. The second kappa shape index (κ2) is 8.78. The highest BCUT2D eigenvalue weighted by Gasteiger charge is 2.21. The van der Waals surface area contributed by atoms with E-state index in [1.807, 2.05) is 36.6 Å². The Morgan fingerprint density at radius 1 is 1.17 bits per heavy atom. The molecule has 0 unspecified atom stereocenters. The van der Waals surface area contributed by atoms with Crippen LogP contribution in [0.4, 0.5) is 0 Å². The molecule has 1 N–H and O–H groups in total. The molecule has 0 fully saturated rings. The Kier molecular flexibility index (Phi) is 6.37. The number of aryl methyl sites for hydroxylation is 2. The summed E-state index contributed by atoms with van der Waals surface area (Å²) in [7, 11) is 0. The van der Waals surface area contributed by atoms with Crippen LogP contribution >= 0.6 is 11.8 Å². The maximum absolute atomic E-state index is 12.4. The summed E-state index contributed by atoms with van der Waals surface area (Å²) in [6.45, 7) is 10.2. The highest BCUT2D eigenvalue weighted by Crippen LogP contribution is 2.29. The summed E-state index contributed by atoms with van der Waals surface area (Å²) in [5, 5.41) is 12.5. The number of aromatic nitrogens is 4. The first kappa shape index (κ1) is 21.0. The zero-order valence-corrected chi connectivity index (χ0v) is 18.4. The van der Waals surface area contributed by atoms with E-state index < -0.39 is 0 Å². The van der Waals surface area contributed by atoms with Gasteiger partial charge in [0.15, 0.2) is 11.0 Å². The Labute approximate surface area is 176 Å². The van der Waals surface area contributed by atoms with Gasteiger partial charge in [0.2, 0.25) is 5.91 Å². The van der Waals surface area contributed by atoms with E-state index in [0.717, 1.165) is 23.4 Å². The molecule has 0 bridgehead atoms. The molecule has 0 atom stereocenters. The number of carbonyl (C=O) groups excluding carboxylic acids is 1. The lowest BCUT2D eigenvalue weighted by Crippen LogP contribution is -2.43. The number of rotatable bonds is 7. The van der Waals surface area contributed by atoms with Gasteiger partial charge in [-0.25, -0.2) is 0 Å². The minimum atomic E-state index is -0.224. The SMILES string of the molecule is CCC(C)(C)NC(=O)CSc1nnc(-c2ccccn2)n1-c1ccc(C)cc1C. The van der Waals surface area contributed by atoms with E-state index in [1.165, 1.54) is 17.3 Å². The lowest BCUT2D eigenvalue weighted by Gasteiger charge is -2.24. The maximum Gasteiger partial charge on any atom is 0.230 e. The number of carbonyl (C=O) groups is 1. The van der Waals surface area contributed by atoms with E-state index in [0.29, 0.717) is 11.0 Å². The van der Waals surface area contributed by atoms with Crippen LogP contribution in [0.25, 0.3) is 17.2 Å². The molecule has 0 aliphatic rings. The van der Waals surface area contributed by atoms with Crippen LogP contribution < -0.4 is 5.32 Å². The second-order valence-corrected chi connectivity index (χ2v) is 8.66. The van der Waals surface area contributed by atoms with Gasteiger partial charge in [0.25, 0.3) is 0 Å². The molecular formula is C22H27N5OS. The molecular weight excluding hydrogens is 382 g/mol. The summed E-state index contributed by atoms with van der Waals surface area (Å²) < 4.78 is 1.99. The van der Waals surface area contributed by atoms with Gasteiger partial charge in [0.1, 0.15) is 5.69 Å². The van der Waals surface area contributed by atoms with E-state index >= 15 is 0 Å². The Bertz CT molecular complexity index is 998. The van der Waals surface area contributed by atoms with Crippen molar-refractivity contribution in [1.82, 2.24) is 25.1 Å². The smallest absolute Gasteiger partial charge is 0.230 e. The number of amides is 1. The summed E-state index contributed by atoms with van der Waals surface area (Å²) in [5.41, 5.74) is 3.80. The van der Waals surface area contributed by atoms with Crippen molar-refractivity contribution in [3.05, 3.63) is 53.7 Å². The largest absolute Gasteiger partial charge is 0.351 e. The van der Waals surface area contributed by atoms with Gasteiger partial charge in [-0.3, -0.25) is 14.3 Å². The van der Waals surface area contributed by atoms with Gasteiger partial charge in [-0.1, -0.05) is 42.4 Å². The molecule has 3 aromatic rings. The van der Waals surface area contributed by atoms with Crippen LogP contribution in [0.15, 0.2) is 47.8 Å². The van der Waals surface area contributed by atoms with Crippen molar-refractivity contribution < 1.29 is 4.79 Å². The third-order valence-corrected chi connectivity index (χ3v) is 5.74. The van der Waals surface area contributed by atoms with Gasteiger partial charge in [-0.15, -0.1) is 10.2 Å². The summed E-state index contributed by atoms with van der Waals surface area (Å²) >= 11 is 1.38. The molecule has 2 aromatic heterocycles. The van der Waals surface area contributed by atoms with Gasteiger partial charge < -0.3 is 5.32 Å². The van der Waals surface area contributed by atoms with Crippen LogP contribution in [0.3, 0.4) is 0 Å². The quantitative estimate of drug-likeness (QED) is 0.588. The highest BCUT2D eigenvalue weighted by atomic mass is 32.2. The molecule has 6 nitrogen and oxygen atoms in total. The second-order valence-electron chi connectivity index (χ2n) is 7.72. The molecule has 0 saturated heterocycles. The number of nitrogens with one attached hydrogen (secondary N) is 1. The van der Waals surface area contributed by atoms with Crippen molar-refractivity contribution in [1.29, 1.82) is 0 Å². The number of nitrogens with zero attached hydrogens (tertiary/aromatic N) is 4. The fourth-order valence-corrected chi connectivity index (χ4v) is 3.67. The highest BCUT2D eigenvalue weighted by molar-refractivity contribution is 7.99. The Balaban J connectivity index is 1.96. The average Bonchev–Trinajstić information content (AvgIpc) is 3.10. The monoisotopic (exact) mass is 409 g/mol. The molecule has 1 amide bonds. The Morgan fingerprint density at radius 2 is 1.97 bits per heavy atom. The summed E-state index contributed by atoms with van der Waals surface area (Å²) in [4.78, 5) is 16.9. The average molecular weight is 410 g/mol. The Hall–Kier alpha value is -2.67. The molecule has 0 radical (unpaired) electrons. The van der Waals surface area contributed by atoms with Gasteiger partial charge in [0, 0.05) is 11.7 Å². The van der Waals surface area contributed by atoms with Crippen molar-refractivity contribution in [3.8, 4) is 17.2 Å². The first-order chi connectivity index (χ1) is 13.8. The van der Waals surface area contributed by atoms with E-state index in [9.17, 15) is 4.79 Å². The van der Waals surface area contributed by atoms with Crippen molar-refractivity contribution >= 4 is 17.7 Å². The third-order valence-electron chi connectivity index (χ3n) is 4.81. The van der Waals surface area contributed by atoms with Crippen LogP contribution in [-0.4, -0.2) is 36.9 Å². The van der Waals surface area contributed by atoms with Crippen molar-refractivity contribution in [2.75, 3.05) is 5.75 Å². The molecule has 2 heterocycles. The van der Waals surface area contributed by atoms with Gasteiger partial charge in [-0.05, 0) is 57.9 Å². The van der Waals surface area contributed by atoms with Crippen molar-refractivity contribution in [2.24, 2.45) is 0 Å². The third kappa shape index (κ3) is 5.03.